The lowest BCUT2D eigenvalue weighted by Crippen LogP contribution is -2.42. The molecule has 1 N–H and O–H groups in total. The highest BCUT2D eigenvalue weighted by Crippen LogP contribution is 2.41. The smallest absolute Gasteiger partial charge is 0.326 e. The first-order valence-electron chi connectivity index (χ1n) is 10.1. The molecule has 0 aromatic heterocycles. The number of halogens is 2. The van der Waals surface area contributed by atoms with Crippen LogP contribution in [-0.2, 0) is 4.79 Å². The van der Waals surface area contributed by atoms with E-state index >= 15 is 0 Å². The van der Waals surface area contributed by atoms with Crippen molar-refractivity contribution in [3.8, 4) is 16.9 Å². The summed E-state index contributed by atoms with van der Waals surface area (Å²) in [5.41, 5.74) is 1.61. The number of hydrogen-bond donors (Lipinski definition) is 1. The van der Waals surface area contributed by atoms with Crippen LogP contribution in [0.3, 0.4) is 0 Å². The van der Waals surface area contributed by atoms with E-state index in [1.165, 1.54) is 18.1 Å². The van der Waals surface area contributed by atoms with Gasteiger partial charge in [0.25, 0.3) is 5.91 Å². The Bertz CT molecular complexity index is 1170. The average molecular weight is 437 g/mol. The lowest BCUT2D eigenvalue weighted by molar-refractivity contribution is -0.141. The predicted molar refractivity (Wildman–Crippen MR) is 114 cm³/mol. The van der Waals surface area contributed by atoms with Crippen molar-refractivity contribution in [2.45, 2.75) is 24.9 Å². The van der Waals surface area contributed by atoms with Gasteiger partial charge in [0.15, 0.2) is 0 Å². The zero-order chi connectivity index (χ0) is 22.8. The number of amides is 1. The summed E-state index contributed by atoms with van der Waals surface area (Å²) in [6.45, 7) is 0. The molecule has 32 heavy (non-hydrogen) atoms. The highest BCUT2D eigenvalue weighted by atomic mass is 19.1. The highest BCUT2D eigenvalue weighted by molar-refractivity contribution is 6.05. The molecular formula is C25H21F2NO4. The number of carboxylic acid groups (broad SMARTS) is 1. The Morgan fingerprint density at radius 3 is 2.41 bits per heavy atom. The molecule has 1 amide bonds. The molecule has 0 spiro atoms. The van der Waals surface area contributed by atoms with E-state index in [-0.39, 0.29) is 29.7 Å². The second-order valence-electron chi connectivity index (χ2n) is 7.57. The second kappa shape index (κ2) is 8.78. The Balaban J connectivity index is 1.86. The second-order valence-corrected chi connectivity index (χ2v) is 7.57. The van der Waals surface area contributed by atoms with Crippen molar-refractivity contribution >= 4 is 11.9 Å². The van der Waals surface area contributed by atoms with Gasteiger partial charge in [-0.2, -0.15) is 0 Å². The van der Waals surface area contributed by atoms with Crippen molar-refractivity contribution in [2.24, 2.45) is 0 Å². The third kappa shape index (κ3) is 3.82. The molecule has 7 heteroatoms. The number of ether oxygens (including phenoxy) is 1. The first kappa shape index (κ1) is 21.5. The number of nitrogens with zero attached hydrogens (tertiary/aromatic N) is 1. The summed E-state index contributed by atoms with van der Waals surface area (Å²) in [5.74, 6) is -3.04. The van der Waals surface area contributed by atoms with Crippen molar-refractivity contribution in [3.63, 3.8) is 0 Å². The van der Waals surface area contributed by atoms with Gasteiger partial charge in [0.05, 0.1) is 18.7 Å². The Morgan fingerprint density at radius 1 is 1.00 bits per heavy atom. The summed E-state index contributed by atoms with van der Waals surface area (Å²) in [5, 5.41) is 9.79. The van der Waals surface area contributed by atoms with Gasteiger partial charge < -0.3 is 14.7 Å². The van der Waals surface area contributed by atoms with Crippen LogP contribution >= 0.6 is 0 Å². The van der Waals surface area contributed by atoms with Gasteiger partial charge in [-0.25, -0.2) is 13.6 Å². The zero-order valence-electron chi connectivity index (χ0n) is 17.3. The molecular weight excluding hydrogens is 416 g/mol. The Kier molecular flexibility index (Phi) is 5.90. The third-order valence-corrected chi connectivity index (χ3v) is 5.77. The molecule has 0 saturated carbocycles. The molecule has 1 aliphatic rings. The Labute approximate surface area is 183 Å². The lowest BCUT2D eigenvalue weighted by atomic mass is 9.96. The molecule has 1 heterocycles. The number of carbonyl (C=O) groups is 2. The monoisotopic (exact) mass is 437 g/mol. The zero-order valence-corrected chi connectivity index (χ0v) is 17.3. The quantitative estimate of drug-likeness (QED) is 0.605. The van der Waals surface area contributed by atoms with Crippen LogP contribution in [0, 0.1) is 11.6 Å². The van der Waals surface area contributed by atoms with Gasteiger partial charge in [0, 0.05) is 11.6 Å². The van der Waals surface area contributed by atoms with Gasteiger partial charge in [0.2, 0.25) is 0 Å². The number of rotatable bonds is 5. The Hall–Kier alpha value is -3.74. The average Bonchev–Trinajstić information content (AvgIpc) is 3.24. The molecule has 1 aliphatic heterocycles. The molecule has 0 aliphatic carbocycles. The fourth-order valence-corrected chi connectivity index (χ4v) is 4.32. The summed E-state index contributed by atoms with van der Waals surface area (Å²) < 4.78 is 33.5. The van der Waals surface area contributed by atoms with Crippen molar-refractivity contribution in [1.29, 1.82) is 0 Å². The summed E-state index contributed by atoms with van der Waals surface area (Å²) in [4.78, 5) is 27.1. The maximum Gasteiger partial charge on any atom is 0.326 e. The first-order chi connectivity index (χ1) is 15.4. The molecule has 4 rings (SSSR count). The van der Waals surface area contributed by atoms with Crippen LogP contribution in [0.25, 0.3) is 11.1 Å². The number of hydrogen-bond acceptors (Lipinski definition) is 3. The molecule has 0 bridgehead atoms. The van der Waals surface area contributed by atoms with E-state index in [9.17, 15) is 23.5 Å². The molecule has 2 unspecified atom stereocenters. The number of benzene rings is 3. The van der Waals surface area contributed by atoms with E-state index < -0.39 is 35.6 Å². The van der Waals surface area contributed by atoms with Crippen LogP contribution in [0.1, 0.15) is 34.8 Å². The number of carbonyl (C=O) groups excluding carboxylic acids is 1. The minimum atomic E-state index is -1.18. The predicted octanol–water partition coefficient (Wildman–Crippen LogP) is 5.07. The molecule has 3 aromatic rings. The van der Waals surface area contributed by atoms with Crippen molar-refractivity contribution in [1.82, 2.24) is 4.90 Å². The van der Waals surface area contributed by atoms with E-state index in [1.54, 1.807) is 18.2 Å². The van der Waals surface area contributed by atoms with Gasteiger partial charge in [-0.1, -0.05) is 48.5 Å². The van der Waals surface area contributed by atoms with Crippen LogP contribution < -0.4 is 4.74 Å². The molecule has 3 aromatic carbocycles. The van der Waals surface area contributed by atoms with E-state index in [0.717, 1.165) is 17.7 Å². The van der Waals surface area contributed by atoms with Gasteiger partial charge in [-0.05, 0) is 36.1 Å². The molecule has 5 nitrogen and oxygen atoms in total. The van der Waals surface area contributed by atoms with Crippen molar-refractivity contribution in [3.05, 3.63) is 89.5 Å². The van der Waals surface area contributed by atoms with E-state index in [2.05, 4.69) is 0 Å². The number of methoxy groups -OCH3 is 1. The molecule has 0 radical (unpaired) electrons. The summed E-state index contributed by atoms with van der Waals surface area (Å²) in [7, 11) is 1.43. The third-order valence-electron chi connectivity index (χ3n) is 5.77. The summed E-state index contributed by atoms with van der Waals surface area (Å²) in [6.07, 6.45) is 0.388. The number of likely N-dealkylation sites (tertiary alicyclic amines) is 1. The van der Waals surface area contributed by atoms with Gasteiger partial charge >= 0.3 is 5.97 Å². The molecule has 164 valence electrons. The minimum absolute atomic E-state index is 0.0830. The largest absolute Gasteiger partial charge is 0.496 e. The summed E-state index contributed by atoms with van der Waals surface area (Å²) >= 11 is 0. The topological polar surface area (TPSA) is 66.8 Å². The molecule has 1 saturated heterocycles. The number of carboxylic acids is 1. The van der Waals surface area contributed by atoms with Crippen molar-refractivity contribution in [2.75, 3.05) is 7.11 Å². The normalized spacial score (nSPS) is 17.9. The van der Waals surface area contributed by atoms with Crippen LogP contribution in [0.2, 0.25) is 0 Å². The molecule has 1 fully saturated rings. The van der Waals surface area contributed by atoms with Crippen molar-refractivity contribution < 1.29 is 28.2 Å². The summed E-state index contributed by atoms with van der Waals surface area (Å²) in [6, 6.07) is 15.4. The SMILES string of the molecule is COc1cccc(-c2ccccc2)c1C(=O)N1C(C(=O)O)CCC1c1ccc(F)cc1F. The maximum atomic E-state index is 14.6. The lowest BCUT2D eigenvalue weighted by Gasteiger charge is -2.30. The van der Waals surface area contributed by atoms with Gasteiger partial charge in [0.1, 0.15) is 23.4 Å². The van der Waals surface area contributed by atoms with E-state index in [1.807, 2.05) is 30.3 Å². The van der Waals surface area contributed by atoms with Crippen LogP contribution in [0.4, 0.5) is 8.78 Å². The molecule has 2 atom stereocenters. The van der Waals surface area contributed by atoms with Crippen LogP contribution in [-0.4, -0.2) is 35.0 Å². The minimum Gasteiger partial charge on any atom is -0.496 e. The fraction of sp³-hybridized carbons (Fsp3) is 0.200. The standard InChI is InChI=1S/C25H21F2NO4/c1-32-22-9-5-8-17(15-6-3-2-4-7-15)23(22)24(29)28-20(12-13-21(28)25(30)31)18-11-10-16(26)14-19(18)27/h2-11,14,20-21H,12-13H2,1H3,(H,30,31). The van der Waals surface area contributed by atoms with E-state index in [0.29, 0.717) is 5.56 Å². The Morgan fingerprint density at radius 2 is 1.75 bits per heavy atom. The fourth-order valence-electron chi connectivity index (χ4n) is 4.32. The number of aliphatic carboxylic acids is 1. The first-order valence-corrected chi connectivity index (χ1v) is 10.1. The highest BCUT2D eigenvalue weighted by Gasteiger charge is 2.44. The van der Waals surface area contributed by atoms with E-state index in [4.69, 9.17) is 4.74 Å². The van der Waals surface area contributed by atoms with Gasteiger partial charge in [-0.3, -0.25) is 4.79 Å². The van der Waals surface area contributed by atoms with Crippen LogP contribution in [0.15, 0.2) is 66.7 Å². The van der Waals surface area contributed by atoms with Crippen LogP contribution in [0.5, 0.6) is 5.75 Å². The maximum absolute atomic E-state index is 14.6. The van der Waals surface area contributed by atoms with Gasteiger partial charge in [-0.15, -0.1) is 0 Å².